The Kier molecular flexibility index (Phi) is 5.65. The van der Waals surface area contributed by atoms with Crippen molar-refractivity contribution >= 4 is 16.7 Å². The van der Waals surface area contributed by atoms with Gasteiger partial charge in [-0.25, -0.2) is 0 Å². The van der Waals surface area contributed by atoms with Crippen LogP contribution in [0, 0.1) is 6.92 Å². The lowest BCUT2D eigenvalue weighted by molar-refractivity contribution is 0.0767. The van der Waals surface area contributed by atoms with E-state index in [9.17, 15) is 4.79 Å². The predicted molar refractivity (Wildman–Crippen MR) is 134 cm³/mol. The third kappa shape index (κ3) is 4.24. The zero-order valence-electron chi connectivity index (χ0n) is 20.2. The largest absolute Gasteiger partial charge is 0.492 e. The van der Waals surface area contributed by atoms with Crippen molar-refractivity contribution in [3.05, 3.63) is 76.9 Å². The first-order valence-corrected chi connectivity index (χ1v) is 12.2. The summed E-state index contributed by atoms with van der Waals surface area (Å²) in [5.74, 6) is 1.18. The average Bonchev–Trinajstić information content (AvgIpc) is 3.58. The molecule has 1 unspecified atom stereocenters. The first kappa shape index (κ1) is 22.0. The van der Waals surface area contributed by atoms with E-state index in [0.717, 1.165) is 30.7 Å². The summed E-state index contributed by atoms with van der Waals surface area (Å²) in [5, 5.41) is 5.89. The number of likely N-dealkylation sites (tertiary alicyclic amines) is 1. The molecule has 3 aromatic carbocycles. The van der Waals surface area contributed by atoms with Crippen molar-refractivity contribution in [3.8, 4) is 5.75 Å². The highest BCUT2D eigenvalue weighted by atomic mass is 16.5. The molecule has 2 aliphatic rings. The minimum Gasteiger partial charge on any atom is -0.492 e. The van der Waals surface area contributed by atoms with E-state index in [0.29, 0.717) is 24.1 Å². The molecule has 1 saturated carbocycles. The van der Waals surface area contributed by atoms with Crippen LogP contribution in [0.5, 0.6) is 5.75 Å². The number of hydrogen-bond donors (Lipinski definition) is 1. The molecule has 172 valence electrons. The molecule has 1 aliphatic heterocycles. The van der Waals surface area contributed by atoms with Crippen molar-refractivity contribution in [1.82, 2.24) is 10.2 Å². The molecule has 5 rings (SSSR count). The number of aryl methyl sites for hydroxylation is 1. The summed E-state index contributed by atoms with van der Waals surface area (Å²) in [7, 11) is 2.12. The summed E-state index contributed by atoms with van der Waals surface area (Å²) < 4.78 is 6.03. The Labute approximate surface area is 196 Å². The van der Waals surface area contributed by atoms with E-state index in [1.165, 1.54) is 28.3 Å². The van der Waals surface area contributed by atoms with Gasteiger partial charge in [-0.3, -0.25) is 9.69 Å². The van der Waals surface area contributed by atoms with E-state index in [-0.39, 0.29) is 11.4 Å². The lowest BCUT2D eigenvalue weighted by Crippen LogP contribution is -2.48. The van der Waals surface area contributed by atoms with Crippen LogP contribution in [0.1, 0.15) is 66.1 Å². The van der Waals surface area contributed by atoms with E-state index in [4.69, 9.17) is 4.74 Å². The maximum Gasteiger partial charge on any atom is 0.252 e. The average molecular weight is 443 g/mol. The van der Waals surface area contributed by atoms with Crippen LogP contribution in [0.15, 0.2) is 54.6 Å². The van der Waals surface area contributed by atoms with Crippen molar-refractivity contribution in [1.29, 1.82) is 0 Å². The van der Waals surface area contributed by atoms with Gasteiger partial charge in [-0.05, 0) is 85.3 Å². The number of hydrogen-bond acceptors (Lipinski definition) is 3. The lowest BCUT2D eigenvalue weighted by atomic mass is 9.90. The predicted octanol–water partition coefficient (Wildman–Crippen LogP) is 5.77. The number of rotatable bonds is 7. The van der Waals surface area contributed by atoms with Gasteiger partial charge in [-0.2, -0.15) is 0 Å². The maximum absolute atomic E-state index is 13.5. The van der Waals surface area contributed by atoms with Crippen LogP contribution < -0.4 is 10.1 Å². The lowest BCUT2D eigenvalue weighted by Gasteiger charge is -2.37. The molecule has 3 aromatic rings. The number of amides is 1. The van der Waals surface area contributed by atoms with Gasteiger partial charge in [0.15, 0.2) is 0 Å². The van der Waals surface area contributed by atoms with Crippen molar-refractivity contribution in [3.63, 3.8) is 0 Å². The van der Waals surface area contributed by atoms with Gasteiger partial charge in [0, 0.05) is 11.6 Å². The normalized spacial score (nSPS) is 19.4. The fourth-order valence-corrected chi connectivity index (χ4v) is 4.84. The number of carbonyl (C=O) groups is 1. The molecule has 4 nitrogen and oxygen atoms in total. The molecule has 1 N–H and O–H groups in total. The van der Waals surface area contributed by atoms with Crippen LogP contribution in [-0.4, -0.2) is 37.0 Å². The molecule has 33 heavy (non-hydrogen) atoms. The zero-order chi connectivity index (χ0) is 23.2. The van der Waals surface area contributed by atoms with Gasteiger partial charge in [-0.1, -0.05) is 56.3 Å². The van der Waals surface area contributed by atoms with Gasteiger partial charge in [0.1, 0.15) is 12.4 Å². The molecule has 2 fully saturated rings. The molecule has 0 radical (unpaired) electrons. The van der Waals surface area contributed by atoms with Gasteiger partial charge in [-0.15, -0.1) is 0 Å². The van der Waals surface area contributed by atoms with Crippen LogP contribution >= 0.6 is 0 Å². The number of ether oxygens (including phenoxy) is 1. The third-order valence-corrected chi connectivity index (χ3v) is 7.50. The number of fused-ring (bicyclic) bond motifs is 1. The second-order valence-corrected chi connectivity index (χ2v) is 10.2. The second kappa shape index (κ2) is 8.49. The molecule has 1 atom stereocenters. The minimum atomic E-state index is -0.292. The first-order valence-electron chi connectivity index (χ1n) is 12.2. The quantitative estimate of drug-likeness (QED) is 0.505. The third-order valence-electron chi connectivity index (χ3n) is 7.50. The van der Waals surface area contributed by atoms with Crippen LogP contribution in [-0.2, 0) is 5.54 Å². The molecule has 0 bridgehead atoms. The van der Waals surface area contributed by atoms with E-state index in [1.54, 1.807) is 0 Å². The molecule has 1 amide bonds. The Balaban J connectivity index is 1.41. The number of nitrogens with one attached hydrogen (secondary N) is 1. The van der Waals surface area contributed by atoms with E-state index in [1.807, 2.05) is 25.1 Å². The summed E-state index contributed by atoms with van der Waals surface area (Å²) in [6, 6.07) is 19.5. The Hall–Kier alpha value is -2.85. The molecule has 1 saturated heterocycles. The van der Waals surface area contributed by atoms with Crippen molar-refractivity contribution in [2.24, 2.45) is 0 Å². The number of likely N-dealkylation sites (N-methyl/N-ethyl adjacent to an activating group) is 1. The number of benzene rings is 3. The Morgan fingerprint density at radius 3 is 2.61 bits per heavy atom. The zero-order valence-corrected chi connectivity index (χ0v) is 20.2. The topological polar surface area (TPSA) is 41.6 Å². The van der Waals surface area contributed by atoms with Crippen molar-refractivity contribution in [2.45, 2.75) is 57.5 Å². The van der Waals surface area contributed by atoms with Gasteiger partial charge < -0.3 is 10.1 Å². The van der Waals surface area contributed by atoms with Gasteiger partial charge in [0.05, 0.1) is 5.54 Å². The Bertz CT molecular complexity index is 1200. The fraction of sp³-hybridized carbons (Fsp3) is 0.414. The molecule has 1 aliphatic carbocycles. The van der Waals surface area contributed by atoms with E-state index < -0.39 is 0 Å². The monoisotopic (exact) mass is 442 g/mol. The van der Waals surface area contributed by atoms with Crippen molar-refractivity contribution < 1.29 is 9.53 Å². The standard InChI is InChI=1S/C29H34N2O2/c1-19(2)22-15-21-7-5-6-8-25(21)27(16-22)29(12-13-29)30-28(32)26-17-24(10-9-20(26)3)33-18-23-11-14-31(23)4/h5-10,15-17,19,23H,11-14,18H2,1-4H3,(H,30,32). The summed E-state index contributed by atoms with van der Waals surface area (Å²) in [5.41, 5.74) is 3.94. The first-order chi connectivity index (χ1) is 15.9. The summed E-state index contributed by atoms with van der Waals surface area (Å²) >= 11 is 0. The molecular formula is C29H34N2O2. The minimum absolute atomic E-state index is 0.0183. The van der Waals surface area contributed by atoms with Crippen molar-refractivity contribution in [2.75, 3.05) is 20.2 Å². The molecule has 1 heterocycles. The molecule has 0 spiro atoms. The summed E-state index contributed by atoms with van der Waals surface area (Å²) in [6.45, 7) is 8.24. The molecular weight excluding hydrogens is 408 g/mol. The van der Waals surface area contributed by atoms with Crippen LogP contribution in [0.2, 0.25) is 0 Å². The molecule has 4 heteroatoms. The van der Waals surface area contributed by atoms with Crippen LogP contribution in [0.3, 0.4) is 0 Å². The smallest absolute Gasteiger partial charge is 0.252 e. The van der Waals surface area contributed by atoms with Gasteiger partial charge in [0.2, 0.25) is 0 Å². The van der Waals surface area contributed by atoms with Gasteiger partial charge >= 0.3 is 0 Å². The second-order valence-electron chi connectivity index (χ2n) is 10.2. The summed E-state index contributed by atoms with van der Waals surface area (Å²) in [6.07, 6.45) is 3.10. The highest BCUT2D eigenvalue weighted by Gasteiger charge is 2.47. The highest BCUT2D eigenvalue weighted by molar-refractivity contribution is 5.97. The Morgan fingerprint density at radius 2 is 1.94 bits per heavy atom. The number of nitrogens with zero attached hydrogens (tertiary/aromatic N) is 1. The van der Waals surface area contributed by atoms with Gasteiger partial charge in [0.25, 0.3) is 5.91 Å². The highest BCUT2D eigenvalue weighted by Crippen LogP contribution is 2.49. The molecule has 0 aromatic heterocycles. The Morgan fingerprint density at radius 1 is 1.15 bits per heavy atom. The number of carbonyl (C=O) groups excluding carboxylic acids is 1. The van der Waals surface area contributed by atoms with Crippen LogP contribution in [0.25, 0.3) is 10.8 Å². The maximum atomic E-state index is 13.5. The van der Waals surface area contributed by atoms with E-state index >= 15 is 0 Å². The SMILES string of the molecule is Cc1ccc(OCC2CCN2C)cc1C(=O)NC1(c2cc(C(C)C)cc3ccccc23)CC1. The van der Waals surface area contributed by atoms with E-state index in [2.05, 4.69) is 67.5 Å². The summed E-state index contributed by atoms with van der Waals surface area (Å²) in [4.78, 5) is 15.8. The van der Waals surface area contributed by atoms with Crippen LogP contribution in [0.4, 0.5) is 0 Å². The fourth-order valence-electron chi connectivity index (χ4n) is 4.84.